The van der Waals surface area contributed by atoms with Crippen LogP contribution in [0.4, 0.5) is 10.3 Å². The molecule has 3 aromatic heterocycles. The van der Waals surface area contributed by atoms with Crippen LogP contribution in [0.3, 0.4) is 0 Å². The SMILES string of the molecule is COC(=O)c1nc(N2CCc3cccc(C(=O)Nc4nc5ccccc5s4)c3C2)sc1CCCOc1ccc(C#CCN2CCC3(CCC(CC(=O)N[C@H](C(=O)N4C[C@H](O)C[C@H]4C(=O)NCc4ccc(-c5scnc5C)cc4)C(C)(C)C)CC3)CC2)cc1Cl. The molecular formula is C68H76ClN9O8S3. The molecule has 17 nitrogen and oxygen atoms in total. The number of carbonyl (C=O) groups excluding carboxylic acids is 5. The molecule has 21 heteroatoms. The van der Waals surface area contributed by atoms with E-state index in [0.29, 0.717) is 72.1 Å². The van der Waals surface area contributed by atoms with Gasteiger partial charge in [0.05, 0.1) is 57.7 Å². The maximum atomic E-state index is 14.3. The van der Waals surface area contributed by atoms with Gasteiger partial charge >= 0.3 is 5.97 Å². The van der Waals surface area contributed by atoms with Gasteiger partial charge in [-0.05, 0) is 153 Å². The molecule has 3 atom stereocenters. The number of para-hydroxylation sites is 1. The third kappa shape index (κ3) is 15.2. The topological polar surface area (TPSA) is 209 Å². The van der Waals surface area contributed by atoms with Crippen molar-refractivity contribution < 1.29 is 38.6 Å². The van der Waals surface area contributed by atoms with Crippen molar-refractivity contribution in [1.29, 1.82) is 0 Å². The number of piperidine rings is 1. The van der Waals surface area contributed by atoms with Crippen LogP contribution < -0.4 is 25.6 Å². The number of halogens is 1. The van der Waals surface area contributed by atoms with E-state index >= 15 is 0 Å². The summed E-state index contributed by atoms with van der Waals surface area (Å²) >= 11 is 11.2. The molecule has 4 aliphatic rings. The molecule has 7 aromatic rings. The average molecular weight is 1280 g/mol. The number of aromatic nitrogens is 3. The van der Waals surface area contributed by atoms with Gasteiger partial charge in [-0.3, -0.25) is 29.4 Å². The quantitative estimate of drug-likeness (QED) is 0.0359. The number of fused-ring (bicyclic) bond motifs is 2. The van der Waals surface area contributed by atoms with E-state index in [1.807, 2.05) is 112 Å². The van der Waals surface area contributed by atoms with Gasteiger partial charge in [-0.15, -0.1) is 22.7 Å². The maximum absolute atomic E-state index is 14.3. The van der Waals surface area contributed by atoms with Crippen LogP contribution >= 0.6 is 45.6 Å². The monoisotopic (exact) mass is 1280 g/mol. The van der Waals surface area contributed by atoms with E-state index in [2.05, 4.69) is 53.6 Å². The van der Waals surface area contributed by atoms with E-state index in [4.69, 9.17) is 26.1 Å². The first-order valence-electron chi connectivity index (χ1n) is 30.7. The van der Waals surface area contributed by atoms with E-state index in [1.165, 1.54) is 34.7 Å². The second kappa shape index (κ2) is 27.9. The number of rotatable bonds is 18. The van der Waals surface area contributed by atoms with Crippen LogP contribution in [0, 0.1) is 35.5 Å². The second-order valence-corrected chi connectivity index (χ2v) is 28.4. The van der Waals surface area contributed by atoms with Gasteiger partial charge in [0, 0.05) is 55.0 Å². The molecule has 11 rings (SSSR count). The molecule has 0 radical (unpaired) electrons. The van der Waals surface area contributed by atoms with Crippen molar-refractivity contribution in [2.45, 2.75) is 130 Å². The molecule has 89 heavy (non-hydrogen) atoms. The number of aryl methyl sites for hydroxylation is 2. The van der Waals surface area contributed by atoms with Gasteiger partial charge in [0.2, 0.25) is 17.7 Å². The summed E-state index contributed by atoms with van der Waals surface area (Å²) < 4.78 is 12.3. The van der Waals surface area contributed by atoms with Gasteiger partial charge in [0.15, 0.2) is 16.0 Å². The molecule has 0 bridgehead atoms. The third-order valence-electron chi connectivity index (χ3n) is 17.9. The summed E-state index contributed by atoms with van der Waals surface area (Å²) in [6, 6.07) is 25.5. The highest BCUT2D eigenvalue weighted by molar-refractivity contribution is 7.22. The summed E-state index contributed by atoms with van der Waals surface area (Å²) in [4.78, 5) is 90.0. The number of β-amino-alcohol motifs (C(OH)–C–C–N with tert-alkyl or cyclic N) is 1. The number of ether oxygens (including phenoxy) is 2. The summed E-state index contributed by atoms with van der Waals surface area (Å²) in [5.41, 5.74) is 8.93. The Morgan fingerprint density at radius 1 is 0.933 bits per heavy atom. The largest absolute Gasteiger partial charge is 0.492 e. The van der Waals surface area contributed by atoms with Crippen LogP contribution in [-0.4, -0.2) is 124 Å². The first-order valence-corrected chi connectivity index (χ1v) is 33.6. The van der Waals surface area contributed by atoms with E-state index in [1.54, 1.807) is 11.3 Å². The fraction of sp³-hybridized carbons (Fsp3) is 0.441. The minimum atomic E-state index is -0.866. The number of hydrogen-bond donors (Lipinski definition) is 4. The molecule has 3 aliphatic heterocycles. The van der Waals surface area contributed by atoms with Crippen molar-refractivity contribution in [3.63, 3.8) is 0 Å². The van der Waals surface area contributed by atoms with E-state index in [0.717, 1.165) is 112 Å². The second-order valence-electron chi connectivity index (χ2n) is 25.1. The number of nitrogens with one attached hydrogen (secondary N) is 3. The highest BCUT2D eigenvalue weighted by Gasteiger charge is 2.45. The zero-order valence-corrected chi connectivity index (χ0v) is 54.2. The number of benzene rings is 4. The molecule has 2 saturated heterocycles. The third-order valence-corrected chi connectivity index (χ3v) is 21.3. The van der Waals surface area contributed by atoms with Crippen LogP contribution in [0.2, 0.25) is 5.02 Å². The summed E-state index contributed by atoms with van der Waals surface area (Å²) in [6.45, 7) is 12.1. The highest BCUT2D eigenvalue weighted by Crippen LogP contribution is 2.47. The number of esters is 1. The van der Waals surface area contributed by atoms with Gasteiger partial charge in [-0.25, -0.2) is 19.7 Å². The lowest BCUT2D eigenvalue weighted by atomic mass is 9.65. The minimum Gasteiger partial charge on any atom is -0.492 e. The van der Waals surface area contributed by atoms with E-state index < -0.39 is 29.6 Å². The molecule has 3 fully saturated rings. The predicted octanol–water partition coefficient (Wildman–Crippen LogP) is 11.3. The van der Waals surface area contributed by atoms with Crippen molar-refractivity contribution in [3.05, 3.63) is 140 Å². The van der Waals surface area contributed by atoms with Crippen molar-refractivity contribution in [2.75, 3.05) is 56.7 Å². The van der Waals surface area contributed by atoms with Crippen molar-refractivity contribution in [3.8, 4) is 28.0 Å². The predicted molar refractivity (Wildman–Crippen MR) is 351 cm³/mol. The Morgan fingerprint density at radius 3 is 2.45 bits per heavy atom. The highest BCUT2D eigenvalue weighted by atomic mass is 35.5. The van der Waals surface area contributed by atoms with Crippen molar-refractivity contribution >= 4 is 95.7 Å². The number of aliphatic hydroxyl groups is 1. The molecule has 4 amide bonds. The lowest BCUT2D eigenvalue weighted by molar-refractivity contribution is -0.144. The fourth-order valence-corrected chi connectivity index (χ4v) is 15.8. The Morgan fingerprint density at radius 2 is 1.72 bits per heavy atom. The molecular weight excluding hydrogens is 1200 g/mol. The van der Waals surface area contributed by atoms with Crippen LogP contribution in [0.5, 0.6) is 5.75 Å². The van der Waals surface area contributed by atoms with Crippen LogP contribution in [0.1, 0.15) is 132 Å². The Kier molecular flexibility index (Phi) is 19.8. The zero-order chi connectivity index (χ0) is 62.4. The number of aliphatic hydroxyl groups excluding tert-OH is 1. The standard InChI is InChI=1S/C68H76ClN9O8S3/c1-42-59(87-41-71-42)47-20-17-45(18-21-47)38-70-62(82)53-37-48(79)39-78(53)63(83)60(67(2,3)4)73-57(80)36-44-23-26-68(27-24-44)28-32-76(33-29-68)30-9-11-43-19-22-54(51(69)35-43)86-34-10-16-56-58(64(84)85-5)74-66(89-56)77-31-25-46-12-8-13-49(50(46)40-77)61(81)75-65-72-52-14-6-7-15-55(52)88-65/h6-8,12-15,17-22,35,41,44,48,53,60,79H,10,16,23-34,36-40H2,1-5H3,(H,70,82)(H,73,80)(H,72,75,81)/t48-,53+,60-/m1/s1. The summed E-state index contributed by atoms with van der Waals surface area (Å²) in [5, 5.41) is 21.5. The summed E-state index contributed by atoms with van der Waals surface area (Å²) in [6.07, 6.45) is 7.67. The van der Waals surface area contributed by atoms with Gasteiger partial charge in [0.1, 0.15) is 17.8 Å². The number of nitrogens with zero attached hydrogens (tertiary/aromatic N) is 6. The normalized spacial score (nSPS) is 18.0. The fourth-order valence-electron chi connectivity index (χ4n) is 12.8. The molecule has 6 heterocycles. The minimum absolute atomic E-state index is 0.0270. The van der Waals surface area contributed by atoms with Gasteiger partial charge in [0.25, 0.3) is 5.91 Å². The molecule has 1 spiro atoms. The van der Waals surface area contributed by atoms with Crippen LogP contribution in [-0.2, 0) is 45.1 Å². The molecule has 1 aliphatic carbocycles. The molecule has 466 valence electrons. The first-order chi connectivity index (χ1) is 42.9. The summed E-state index contributed by atoms with van der Waals surface area (Å²) in [7, 11) is 1.36. The first kappa shape index (κ1) is 63.3. The average Bonchev–Trinajstić information content (AvgIpc) is 2.98. The van der Waals surface area contributed by atoms with E-state index in [9.17, 15) is 29.1 Å². The number of anilines is 2. The Hall–Kier alpha value is -7.25. The smallest absolute Gasteiger partial charge is 0.357 e. The van der Waals surface area contributed by atoms with E-state index in [-0.39, 0.29) is 60.2 Å². The summed E-state index contributed by atoms with van der Waals surface area (Å²) in [5.74, 6) is 5.87. The van der Waals surface area contributed by atoms with Crippen molar-refractivity contribution in [1.82, 2.24) is 35.4 Å². The lowest BCUT2D eigenvalue weighted by Gasteiger charge is -2.45. The Labute approximate surface area is 537 Å². The molecule has 4 aromatic carbocycles. The number of thiazole rings is 3. The number of methoxy groups -OCH3 is 1. The maximum Gasteiger partial charge on any atom is 0.357 e. The Balaban J connectivity index is 0.603. The molecule has 4 N–H and O–H groups in total. The Bertz CT molecular complexity index is 3760. The number of likely N-dealkylation sites (tertiary alicyclic amines) is 2. The van der Waals surface area contributed by atoms with Gasteiger partial charge in [-0.2, -0.15) is 0 Å². The number of amides is 4. The van der Waals surface area contributed by atoms with Crippen molar-refractivity contribution in [2.24, 2.45) is 16.7 Å². The van der Waals surface area contributed by atoms with Gasteiger partial charge < -0.3 is 35.0 Å². The number of carbonyl (C=O) groups is 5. The molecule has 1 saturated carbocycles. The van der Waals surface area contributed by atoms with Crippen LogP contribution in [0.25, 0.3) is 20.7 Å². The number of hydrogen-bond acceptors (Lipinski definition) is 16. The van der Waals surface area contributed by atoms with Crippen LogP contribution in [0.15, 0.2) is 90.4 Å². The van der Waals surface area contributed by atoms with Gasteiger partial charge in [-0.1, -0.05) is 104 Å². The molecule has 0 unspecified atom stereocenters. The lowest BCUT2D eigenvalue weighted by Crippen LogP contribution is -2.57. The zero-order valence-electron chi connectivity index (χ0n) is 51.0.